The molecule has 0 aromatic heterocycles. The minimum Gasteiger partial charge on any atom is -0.406 e. The van der Waals surface area contributed by atoms with Gasteiger partial charge < -0.3 is 14.5 Å². The van der Waals surface area contributed by atoms with Gasteiger partial charge in [-0.1, -0.05) is 72.8 Å². The van der Waals surface area contributed by atoms with E-state index in [1.54, 1.807) is 4.90 Å². The lowest BCUT2D eigenvalue weighted by atomic mass is 9.88. The Labute approximate surface area is 216 Å². The summed E-state index contributed by atoms with van der Waals surface area (Å²) in [7, 11) is 1.82. The van der Waals surface area contributed by atoms with Crippen LogP contribution in [-0.4, -0.2) is 54.8 Å². The first-order chi connectivity index (χ1) is 17.8. The Morgan fingerprint density at radius 2 is 1.46 bits per heavy atom. The molecule has 0 unspecified atom stereocenters. The number of likely N-dealkylation sites (N-methyl/N-ethyl adjacent to an activating group) is 1. The molecule has 7 heteroatoms. The van der Waals surface area contributed by atoms with E-state index >= 15 is 0 Å². The van der Waals surface area contributed by atoms with Gasteiger partial charge in [-0.2, -0.15) is 0 Å². The van der Waals surface area contributed by atoms with Crippen LogP contribution in [0, 0.1) is 0 Å². The number of alkyl halides is 3. The molecule has 1 amide bonds. The SMILES string of the molecule is CN(C(=O)Cc1ccc(OC(F)(F)F)cc1)C1CCN(CCC(c2ccccc2)c2ccccc2)CC1. The number of piperidine rings is 1. The number of amides is 1. The Balaban J connectivity index is 1.26. The van der Waals surface area contributed by atoms with Crippen LogP contribution in [0.4, 0.5) is 13.2 Å². The maximum absolute atomic E-state index is 12.8. The molecule has 0 bridgehead atoms. The molecule has 0 saturated carbocycles. The molecule has 3 aromatic rings. The van der Waals surface area contributed by atoms with Crippen molar-refractivity contribution in [3.63, 3.8) is 0 Å². The summed E-state index contributed by atoms with van der Waals surface area (Å²) in [6, 6.07) is 26.9. The molecular formula is C30H33F3N2O2. The number of carbonyl (C=O) groups excluding carboxylic acids is 1. The molecule has 0 aliphatic carbocycles. The number of ether oxygens (including phenoxy) is 1. The van der Waals surface area contributed by atoms with Crippen molar-refractivity contribution in [1.82, 2.24) is 9.80 Å². The van der Waals surface area contributed by atoms with Crippen molar-refractivity contribution in [2.75, 3.05) is 26.7 Å². The molecular weight excluding hydrogens is 477 g/mol. The zero-order chi connectivity index (χ0) is 26.3. The summed E-state index contributed by atoms with van der Waals surface area (Å²) in [6.45, 7) is 2.86. The summed E-state index contributed by atoms with van der Waals surface area (Å²) in [4.78, 5) is 17.1. The third-order valence-electron chi connectivity index (χ3n) is 7.15. The van der Waals surface area contributed by atoms with Gasteiger partial charge in [0.1, 0.15) is 5.75 Å². The van der Waals surface area contributed by atoms with Crippen LogP contribution in [0.5, 0.6) is 5.75 Å². The van der Waals surface area contributed by atoms with Gasteiger partial charge in [0.05, 0.1) is 6.42 Å². The Kier molecular flexibility index (Phi) is 8.87. The molecule has 37 heavy (non-hydrogen) atoms. The summed E-state index contributed by atoms with van der Waals surface area (Å²) < 4.78 is 40.9. The lowest BCUT2D eigenvalue weighted by molar-refractivity contribution is -0.274. The first-order valence-corrected chi connectivity index (χ1v) is 12.7. The topological polar surface area (TPSA) is 32.8 Å². The van der Waals surface area contributed by atoms with E-state index in [-0.39, 0.29) is 24.1 Å². The fourth-order valence-electron chi connectivity index (χ4n) is 5.05. The second-order valence-corrected chi connectivity index (χ2v) is 9.61. The molecule has 1 saturated heterocycles. The largest absolute Gasteiger partial charge is 0.573 e. The van der Waals surface area contributed by atoms with Gasteiger partial charge in [-0.25, -0.2) is 0 Å². The molecule has 4 rings (SSSR count). The number of hydrogen-bond donors (Lipinski definition) is 0. The Morgan fingerprint density at radius 1 is 0.919 bits per heavy atom. The van der Waals surface area contributed by atoms with Crippen LogP contribution in [0.15, 0.2) is 84.9 Å². The van der Waals surface area contributed by atoms with E-state index in [9.17, 15) is 18.0 Å². The third kappa shape index (κ3) is 7.83. The highest BCUT2D eigenvalue weighted by molar-refractivity contribution is 5.78. The molecule has 1 aliphatic rings. The molecule has 3 aromatic carbocycles. The number of rotatable bonds is 9. The van der Waals surface area contributed by atoms with Crippen LogP contribution in [-0.2, 0) is 11.2 Å². The van der Waals surface area contributed by atoms with E-state index in [2.05, 4.69) is 58.2 Å². The van der Waals surface area contributed by atoms with Crippen molar-refractivity contribution >= 4 is 5.91 Å². The summed E-state index contributed by atoms with van der Waals surface area (Å²) in [5.41, 5.74) is 3.32. The van der Waals surface area contributed by atoms with Gasteiger partial charge in [0.15, 0.2) is 0 Å². The van der Waals surface area contributed by atoms with Crippen LogP contribution >= 0.6 is 0 Å². The van der Waals surface area contributed by atoms with Crippen molar-refractivity contribution in [3.05, 3.63) is 102 Å². The van der Waals surface area contributed by atoms with E-state index in [0.29, 0.717) is 11.5 Å². The van der Waals surface area contributed by atoms with Gasteiger partial charge in [0.25, 0.3) is 0 Å². The first-order valence-electron chi connectivity index (χ1n) is 12.7. The van der Waals surface area contributed by atoms with Crippen molar-refractivity contribution in [1.29, 1.82) is 0 Å². The lowest BCUT2D eigenvalue weighted by Crippen LogP contribution is -2.46. The van der Waals surface area contributed by atoms with E-state index < -0.39 is 6.36 Å². The lowest BCUT2D eigenvalue weighted by Gasteiger charge is -2.37. The van der Waals surface area contributed by atoms with Crippen molar-refractivity contribution < 1.29 is 22.7 Å². The smallest absolute Gasteiger partial charge is 0.406 e. The Morgan fingerprint density at radius 3 is 1.97 bits per heavy atom. The maximum atomic E-state index is 12.8. The second kappa shape index (κ2) is 12.3. The van der Waals surface area contributed by atoms with Crippen LogP contribution in [0.2, 0.25) is 0 Å². The third-order valence-corrected chi connectivity index (χ3v) is 7.15. The van der Waals surface area contributed by atoms with Crippen molar-refractivity contribution in [2.45, 2.75) is 44.0 Å². The van der Waals surface area contributed by atoms with E-state index in [0.717, 1.165) is 38.9 Å². The molecule has 0 atom stereocenters. The van der Waals surface area contributed by atoms with E-state index in [1.165, 1.54) is 35.4 Å². The summed E-state index contributed by atoms with van der Waals surface area (Å²) >= 11 is 0. The molecule has 1 aliphatic heterocycles. The highest BCUT2D eigenvalue weighted by Gasteiger charge is 2.31. The zero-order valence-corrected chi connectivity index (χ0v) is 21.0. The highest BCUT2D eigenvalue weighted by atomic mass is 19.4. The van der Waals surface area contributed by atoms with Crippen molar-refractivity contribution in [3.8, 4) is 5.75 Å². The fourth-order valence-corrected chi connectivity index (χ4v) is 5.05. The Bertz CT molecular complexity index is 1070. The second-order valence-electron chi connectivity index (χ2n) is 9.61. The monoisotopic (exact) mass is 510 g/mol. The molecule has 0 radical (unpaired) electrons. The van der Waals surface area contributed by atoms with Crippen LogP contribution in [0.1, 0.15) is 41.9 Å². The van der Waals surface area contributed by atoms with Gasteiger partial charge in [0, 0.05) is 32.1 Å². The van der Waals surface area contributed by atoms with E-state index in [4.69, 9.17) is 0 Å². The predicted octanol–water partition coefficient (Wildman–Crippen LogP) is 6.27. The maximum Gasteiger partial charge on any atom is 0.573 e. The van der Waals surface area contributed by atoms with Gasteiger partial charge >= 0.3 is 6.36 Å². The molecule has 0 spiro atoms. The number of carbonyl (C=O) groups is 1. The summed E-state index contributed by atoms with van der Waals surface area (Å²) in [6.07, 6.45) is -1.74. The molecule has 4 nitrogen and oxygen atoms in total. The van der Waals surface area contributed by atoms with Crippen molar-refractivity contribution in [2.24, 2.45) is 0 Å². The van der Waals surface area contributed by atoms with Crippen LogP contribution < -0.4 is 4.74 Å². The van der Waals surface area contributed by atoms with Gasteiger partial charge in [-0.15, -0.1) is 13.2 Å². The number of likely N-dealkylation sites (tertiary alicyclic amines) is 1. The summed E-state index contributed by atoms with van der Waals surface area (Å²) in [5.74, 6) is 0.0275. The molecule has 1 fully saturated rings. The molecule has 0 N–H and O–H groups in total. The standard InChI is InChI=1S/C30H33F3N2O2/c1-34(29(36)22-23-12-14-27(15-13-23)37-30(31,32)33)26-16-19-35(20-17-26)21-18-28(24-8-4-2-5-9-24)25-10-6-3-7-11-25/h2-15,26,28H,16-22H2,1H3. The minimum absolute atomic E-state index is 0.0313. The molecule has 196 valence electrons. The number of hydrogen-bond acceptors (Lipinski definition) is 3. The normalized spacial score (nSPS) is 15.1. The van der Waals surface area contributed by atoms with Gasteiger partial charge in [0.2, 0.25) is 5.91 Å². The number of halogens is 3. The fraction of sp³-hybridized carbons (Fsp3) is 0.367. The number of nitrogens with zero attached hydrogens (tertiary/aromatic N) is 2. The van der Waals surface area contributed by atoms with Crippen LogP contribution in [0.3, 0.4) is 0 Å². The zero-order valence-electron chi connectivity index (χ0n) is 21.0. The highest BCUT2D eigenvalue weighted by Crippen LogP contribution is 2.29. The summed E-state index contributed by atoms with van der Waals surface area (Å²) in [5, 5.41) is 0. The predicted molar refractivity (Wildman–Crippen MR) is 138 cm³/mol. The average Bonchev–Trinajstić information content (AvgIpc) is 2.90. The minimum atomic E-state index is -4.73. The quantitative estimate of drug-likeness (QED) is 0.340. The van der Waals surface area contributed by atoms with Gasteiger partial charge in [-0.05, 0) is 54.6 Å². The average molecular weight is 511 g/mol. The molecule has 1 heterocycles. The first kappa shape index (κ1) is 26.7. The Hall–Kier alpha value is -3.32. The van der Waals surface area contributed by atoms with Crippen LogP contribution in [0.25, 0.3) is 0 Å². The number of benzene rings is 3. The van der Waals surface area contributed by atoms with Gasteiger partial charge in [-0.3, -0.25) is 4.79 Å². The van der Waals surface area contributed by atoms with E-state index in [1.807, 2.05) is 19.2 Å².